The summed E-state index contributed by atoms with van der Waals surface area (Å²) in [5.74, 6) is -4.09. The van der Waals surface area contributed by atoms with Gasteiger partial charge in [-0.2, -0.15) is 5.26 Å². The van der Waals surface area contributed by atoms with Crippen molar-refractivity contribution in [2.45, 2.75) is 43.7 Å². The van der Waals surface area contributed by atoms with Crippen molar-refractivity contribution in [1.29, 1.82) is 5.26 Å². The fraction of sp³-hybridized carbons (Fsp3) is 0.700. The number of halogens is 2. The topological polar surface area (TPSA) is 102 Å². The van der Waals surface area contributed by atoms with Crippen molar-refractivity contribution in [2.24, 2.45) is 0 Å². The molecule has 1 saturated carbocycles. The Kier molecular flexibility index (Phi) is 3.74. The van der Waals surface area contributed by atoms with Gasteiger partial charge in [-0.1, -0.05) is 0 Å². The monoisotopic (exact) mass is 261 g/mol. The first-order valence-corrected chi connectivity index (χ1v) is 5.28. The quantitative estimate of drug-likeness (QED) is 0.682. The highest BCUT2D eigenvalue weighted by Crippen LogP contribution is 2.34. The molecule has 2 amide bonds. The van der Waals surface area contributed by atoms with Gasteiger partial charge in [0.1, 0.15) is 11.6 Å². The molecule has 0 spiro atoms. The highest BCUT2D eigenvalue weighted by atomic mass is 19.3. The highest BCUT2D eigenvalue weighted by molar-refractivity contribution is 5.86. The molecular formula is C10H13F2N3O3. The van der Waals surface area contributed by atoms with E-state index >= 15 is 0 Å². The molecule has 3 N–H and O–H groups in total. The first-order valence-electron chi connectivity index (χ1n) is 5.28. The number of hydrogen-bond donors (Lipinski definition) is 3. The average Bonchev–Trinajstić information content (AvgIpc) is 2.94. The van der Waals surface area contributed by atoms with Gasteiger partial charge in [-0.15, -0.1) is 0 Å². The molecule has 1 aliphatic carbocycles. The van der Waals surface area contributed by atoms with Crippen LogP contribution in [-0.4, -0.2) is 34.6 Å². The summed E-state index contributed by atoms with van der Waals surface area (Å²) in [6, 6.07) is 0.284. The molecule has 0 aliphatic heterocycles. The molecule has 1 rings (SSSR count). The van der Waals surface area contributed by atoms with Crippen LogP contribution in [0.25, 0.3) is 0 Å². The average molecular weight is 261 g/mol. The molecule has 18 heavy (non-hydrogen) atoms. The van der Waals surface area contributed by atoms with Crippen LogP contribution >= 0.6 is 0 Å². The fourth-order valence-corrected chi connectivity index (χ4v) is 1.43. The van der Waals surface area contributed by atoms with Gasteiger partial charge in [0.05, 0.1) is 6.07 Å². The zero-order valence-electron chi connectivity index (χ0n) is 9.67. The summed E-state index contributed by atoms with van der Waals surface area (Å²) >= 11 is 0. The van der Waals surface area contributed by atoms with Gasteiger partial charge in [0.15, 0.2) is 0 Å². The molecule has 0 heterocycles. The first kappa shape index (κ1) is 14.2. The van der Waals surface area contributed by atoms with Crippen molar-refractivity contribution in [3.63, 3.8) is 0 Å². The lowest BCUT2D eigenvalue weighted by atomic mass is 10.1. The van der Waals surface area contributed by atoms with Crippen LogP contribution in [0.1, 0.15) is 26.2 Å². The summed E-state index contributed by atoms with van der Waals surface area (Å²) in [4.78, 5) is 22.1. The summed E-state index contributed by atoms with van der Waals surface area (Å²) in [6.45, 7) is 0.591. The fourth-order valence-electron chi connectivity index (χ4n) is 1.43. The van der Waals surface area contributed by atoms with E-state index in [-0.39, 0.29) is 0 Å². The molecule has 0 unspecified atom stereocenters. The van der Waals surface area contributed by atoms with Gasteiger partial charge < -0.3 is 15.7 Å². The van der Waals surface area contributed by atoms with E-state index in [0.717, 1.165) is 0 Å². The van der Waals surface area contributed by atoms with E-state index in [0.29, 0.717) is 19.8 Å². The first-order chi connectivity index (χ1) is 8.17. The summed E-state index contributed by atoms with van der Waals surface area (Å²) < 4.78 is 25.7. The number of alkyl halides is 2. The number of hydrogen-bond acceptors (Lipinski definition) is 3. The molecule has 1 aliphatic rings. The number of amides is 2. The molecule has 8 heteroatoms. The van der Waals surface area contributed by atoms with E-state index in [2.05, 4.69) is 5.32 Å². The zero-order chi connectivity index (χ0) is 14.0. The second-order valence-electron chi connectivity index (χ2n) is 4.46. The van der Waals surface area contributed by atoms with Gasteiger partial charge in [0.25, 0.3) is 0 Å². The third-order valence-electron chi connectivity index (χ3n) is 2.50. The molecule has 100 valence electrons. The van der Waals surface area contributed by atoms with Crippen LogP contribution in [0.3, 0.4) is 0 Å². The smallest absolute Gasteiger partial charge is 0.405 e. The molecule has 0 aromatic rings. The number of nitrogens with one attached hydrogen (secondary N) is 2. The minimum absolute atomic E-state index is 0.442. The van der Waals surface area contributed by atoms with E-state index in [4.69, 9.17) is 10.4 Å². The van der Waals surface area contributed by atoms with Crippen LogP contribution in [0.5, 0.6) is 0 Å². The lowest BCUT2D eigenvalue weighted by Gasteiger charge is -2.21. The number of carbonyl (C=O) groups is 2. The van der Waals surface area contributed by atoms with Crippen molar-refractivity contribution in [3.8, 4) is 6.07 Å². The predicted molar refractivity (Wildman–Crippen MR) is 55.9 cm³/mol. The molecule has 0 saturated heterocycles. The maximum absolute atomic E-state index is 12.8. The normalized spacial score (nSPS) is 18.3. The molecule has 1 fully saturated rings. The Hall–Kier alpha value is -1.91. The Morgan fingerprint density at radius 3 is 2.44 bits per heavy atom. The van der Waals surface area contributed by atoms with Crippen LogP contribution in [0, 0.1) is 11.3 Å². The van der Waals surface area contributed by atoms with E-state index in [9.17, 15) is 18.4 Å². The minimum Gasteiger partial charge on any atom is -0.465 e. The second kappa shape index (κ2) is 4.76. The SMILES string of the molecule is CC(F)(F)C[C@H](NC(=O)O)C(=O)NC1(C#N)CC1. The largest absolute Gasteiger partial charge is 0.465 e. The van der Waals surface area contributed by atoms with E-state index in [1.54, 1.807) is 5.32 Å². The van der Waals surface area contributed by atoms with Crippen LogP contribution in [0.2, 0.25) is 0 Å². The Labute approximate surface area is 102 Å². The molecule has 1 atom stereocenters. The van der Waals surface area contributed by atoms with E-state index in [1.165, 1.54) is 0 Å². The third kappa shape index (κ3) is 4.16. The van der Waals surface area contributed by atoms with Gasteiger partial charge in [-0.3, -0.25) is 4.79 Å². The molecule has 6 nitrogen and oxygen atoms in total. The maximum atomic E-state index is 12.8. The van der Waals surface area contributed by atoms with Gasteiger partial charge in [0.2, 0.25) is 11.8 Å². The summed E-state index contributed by atoms with van der Waals surface area (Å²) in [7, 11) is 0. The van der Waals surface area contributed by atoms with Crippen molar-refractivity contribution in [2.75, 3.05) is 0 Å². The minimum atomic E-state index is -3.19. The Bertz CT molecular complexity index is 396. The highest BCUT2D eigenvalue weighted by Gasteiger charge is 2.46. The summed E-state index contributed by atoms with van der Waals surface area (Å²) in [5.41, 5.74) is -1.02. The lowest BCUT2D eigenvalue weighted by Crippen LogP contribution is -2.51. The molecule has 0 radical (unpaired) electrons. The van der Waals surface area contributed by atoms with Crippen LogP contribution in [0.4, 0.5) is 13.6 Å². The van der Waals surface area contributed by atoms with Crippen molar-refractivity contribution < 1.29 is 23.5 Å². The zero-order valence-corrected chi connectivity index (χ0v) is 9.67. The Morgan fingerprint density at radius 2 is 2.11 bits per heavy atom. The number of nitrogens with zero attached hydrogens (tertiary/aromatic N) is 1. The van der Waals surface area contributed by atoms with Crippen LogP contribution < -0.4 is 10.6 Å². The summed E-state index contributed by atoms with van der Waals surface area (Å²) in [5, 5.41) is 21.3. The van der Waals surface area contributed by atoms with Crippen LogP contribution in [0.15, 0.2) is 0 Å². The van der Waals surface area contributed by atoms with E-state index < -0.39 is 35.9 Å². The molecule has 0 aromatic carbocycles. The Morgan fingerprint density at radius 1 is 1.56 bits per heavy atom. The van der Waals surface area contributed by atoms with E-state index in [1.807, 2.05) is 6.07 Å². The molecule has 0 bridgehead atoms. The molecular weight excluding hydrogens is 248 g/mol. The summed E-state index contributed by atoms with van der Waals surface area (Å²) in [6.07, 6.45) is -1.64. The number of nitriles is 1. The van der Waals surface area contributed by atoms with Crippen molar-refractivity contribution >= 4 is 12.0 Å². The number of rotatable bonds is 5. The second-order valence-corrected chi connectivity index (χ2v) is 4.46. The predicted octanol–water partition coefficient (Wildman–Crippen LogP) is 0.840. The Balaban J connectivity index is 2.67. The van der Waals surface area contributed by atoms with Crippen molar-refractivity contribution in [1.82, 2.24) is 10.6 Å². The number of carboxylic acid groups (broad SMARTS) is 1. The van der Waals surface area contributed by atoms with Crippen molar-refractivity contribution in [3.05, 3.63) is 0 Å². The molecule has 0 aromatic heterocycles. The van der Waals surface area contributed by atoms with Gasteiger partial charge in [0, 0.05) is 6.42 Å². The maximum Gasteiger partial charge on any atom is 0.405 e. The lowest BCUT2D eigenvalue weighted by molar-refractivity contribution is -0.126. The van der Waals surface area contributed by atoms with Crippen LogP contribution in [-0.2, 0) is 4.79 Å². The number of carbonyl (C=O) groups excluding carboxylic acids is 1. The van der Waals surface area contributed by atoms with Gasteiger partial charge in [-0.25, -0.2) is 13.6 Å². The standard InChI is InChI=1S/C10H13F2N3O3/c1-9(11,12)4-6(14-8(17)18)7(16)15-10(5-13)2-3-10/h6,14H,2-4H2,1H3,(H,15,16)(H,17,18)/t6-/m0/s1. The van der Waals surface area contributed by atoms with Gasteiger partial charge in [-0.05, 0) is 19.8 Å². The third-order valence-corrected chi connectivity index (χ3v) is 2.50. The van der Waals surface area contributed by atoms with Gasteiger partial charge >= 0.3 is 6.09 Å².